The lowest BCUT2D eigenvalue weighted by molar-refractivity contribution is -0.270. The topological polar surface area (TPSA) is 79.2 Å². The first-order chi connectivity index (χ1) is 6.16. The van der Waals surface area contributed by atoms with Crippen molar-refractivity contribution in [3.8, 4) is 0 Å². The first-order valence-corrected chi connectivity index (χ1v) is 4.00. The number of ether oxygens (including phenoxy) is 2. The van der Waals surface area contributed by atoms with E-state index >= 15 is 0 Å². The average Bonchev–Trinajstić information content (AvgIpc) is 2.13. The van der Waals surface area contributed by atoms with Crippen molar-refractivity contribution < 1.29 is 29.2 Å². The molecule has 6 heteroatoms. The van der Waals surface area contributed by atoms with Gasteiger partial charge in [-0.1, -0.05) is 0 Å². The molecule has 0 radical (unpaired) electrons. The van der Waals surface area contributed by atoms with Gasteiger partial charge in [-0.05, 0) is 0 Å². The van der Waals surface area contributed by atoms with Crippen molar-refractivity contribution in [2.75, 3.05) is 19.9 Å². The van der Waals surface area contributed by atoms with Gasteiger partial charge in [0.25, 0.3) is 0 Å². The van der Waals surface area contributed by atoms with Gasteiger partial charge >= 0.3 is 0 Å². The fourth-order valence-corrected chi connectivity index (χ4v) is 1.09. The number of hydrogen-bond acceptors (Lipinski definition) is 5. The van der Waals surface area contributed by atoms with Crippen LogP contribution in [0.25, 0.3) is 0 Å². The quantitative estimate of drug-likeness (QED) is 0.507. The molecule has 3 N–H and O–H groups in total. The summed E-state index contributed by atoms with van der Waals surface area (Å²) in [4.78, 5) is 0. The second-order valence-electron chi connectivity index (χ2n) is 2.81. The highest BCUT2D eigenvalue weighted by atomic mass is 19.1. The summed E-state index contributed by atoms with van der Waals surface area (Å²) in [5, 5.41) is 27.4. The third-order valence-electron chi connectivity index (χ3n) is 1.81. The molecular formula is C7H13FO5. The number of halogens is 1. The molecule has 78 valence electrons. The fourth-order valence-electron chi connectivity index (χ4n) is 1.09. The lowest BCUT2D eigenvalue weighted by Gasteiger charge is -2.34. The maximum atomic E-state index is 11.7. The van der Waals surface area contributed by atoms with Crippen molar-refractivity contribution in [2.24, 2.45) is 0 Å². The van der Waals surface area contributed by atoms with Crippen LogP contribution in [0.15, 0.2) is 0 Å². The molecule has 0 bridgehead atoms. The molecule has 0 amide bonds. The Labute approximate surface area is 74.7 Å². The zero-order chi connectivity index (χ0) is 9.84. The molecular weight excluding hydrogens is 183 g/mol. The molecule has 1 fully saturated rings. The highest BCUT2D eigenvalue weighted by Crippen LogP contribution is 2.16. The van der Waals surface area contributed by atoms with Crippen LogP contribution in [0.2, 0.25) is 0 Å². The Hall–Kier alpha value is -0.270. The van der Waals surface area contributed by atoms with Gasteiger partial charge in [0.2, 0.25) is 0 Å². The molecule has 1 aliphatic rings. The van der Waals surface area contributed by atoms with Crippen LogP contribution >= 0.6 is 0 Å². The molecule has 0 aliphatic carbocycles. The standard InChI is InChI=1S/C7H13FO5/c8-1-2-12-7-6(11)5(10)4(9)3-13-7/h4-7,9-11H,1-3H2/t4-,5?,6?,7+/m1/s1. The van der Waals surface area contributed by atoms with Gasteiger partial charge in [-0.25, -0.2) is 4.39 Å². The van der Waals surface area contributed by atoms with Crippen molar-refractivity contribution in [2.45, 2.75) is 24.6 Å². The van der Waals surface area contributed by atoms with Crippen LogP contribution in [0.3, 0.4) is 0 Å². The molecule has 13 heavy (non-hydrogen) atoms. The molecule has 0 saturated carbocycles. The molecule has 1 rings (SSSR count). The highest BCUT2D eigenvalue weighted by molar-refractivity contribution is 4.82. The Morgan fingerprint density at radius 2 is 2.00 bits per heavy atom. The van der Waals surface area contributed by atoms with E-state index in [1.165, 1.54) is 0 Å². The molecule has 4 atom stereocenters. The molecule has 0 aromatic rings. The summed E-state index contributed by atoms with van der Waals surface area (Å²) >= 11 is 0. The van der Waals surface area contributed by atoms with Crippen molar-refractivity contribution >= 4 is 0 Å². The minimum absolute atomic E-state index is 0.130. The van der Waals surface area contributed by atoms with E-state index in [-0.39, 0.29) is 13.2 Å². The zero-order valence-electron chi connectivity index (χ0n) is 6.97. The smallest absolute Gasteiger partial charge is 0.186 e. The van der Waals surface area contributed by atoms with Crippen molar-refractivity contribution in [1.29, 1.82) is 0 Å². The highest BCUT2D eigenvalue weighted by Gasteiger charge is 2.37. The lowest BCUT2D eigenvalue weighted by Crippen LogP contribution is -2.53. The van der Waals surface area contributed by atoms with Crippen LogP contribution in [0.5, 0.6) is 0 Å². The van der Waals surface area contributed by atoms with Crippen molar-refractivity contribution in [1.82, 2.24) is 0 Å². The maximum Gasteiger partial charge on any atom is 0.186 e. The van der Waals surface area contributed by atoms with Gasteiger partial charge < -0.3 is 24.8 Å². The second-order valence-corrected chi connectivity index (χ2v) is 2.81. The minimum Gasteiger partial charge on any atom is -0.388 e. The minimum atomic E-state index is -1.34. The molecule has 2 unspecified atom stereocenters. The van der Waals surface area contributed by atoms with Crippen LogP contribution in [-0.2, 0) is 9.47 Å². The Morgan fingerprint density at radius 3 is 2.62 bits per heavy atom. The summed E-state index contributed by atoms with van der Waals surface area (Å²) in [7, 11) is 0. The van der Waals surface area contributed by atoms with Crippen LogP contribution in [-0.4, -0.2) is 59.8 Å². The molecule has 1 heterocycles. The summed E-state index contributed by atoms with van der Waals surface area (Å²) in [6, 6.07) is 0. The fraction of sp³-hybridized carbons (Fsp3) is 1.00. The monoisotopic (exact) mass is 196 g/mol. The van der Waals surface area contributed by atoms with E-state index in [0.29, 0.717) is 0 Å². The van der Waals surface area contributed by atoms with Gasteiger partial charge in [0.15, 0.2) is 6.29 Å². The van der Waals surface area contributed by atoms with Crippen molar-refractivity contribution in [3.63, 3.8) is 0 Å². The van der Waals surface area contributed by atoms with E-state index in [2.05, 4.69) is 0 Å². The van der Waals surface area contributed by atoms with E-state index in [1.54, 1.807) is 0 Å². The SMILES string of the molecule is OC1C(O)[C@H](O)CO[C@@H]1OCCF. The molecule has 0 aromatic heterocycles. The van der Waals surface area contributed by atoms with E-state index in [1.807, 2.05) is 0 Å². The van der Waals surface area contributed by atoms with E-state index in [4.69, 9.17) is 19.7 Å². The van der Waals surface area contributed by atoms with Crippen LogP contribution in [0.1, 0.15) is 0 Å². The van der Waals surface area contributed by atoms with Gasteiger partial charge in [-0.15, -0.1) is 0 Å². The van der Waals surface area contributed by atoms with E-state index in [0.717, 1.165) is 0 Å². The van der Waals surface area contributed by atoms with E-state index in [9.17, 15) is 9.50 Å². The first kappa shape index (κ1) is 10.8. The normalized spacial score (nSPS) is 40.6. The molecule has 0 spiro atoms. The average molecular weight is 196 g/mol. The Kier molecular flexibility index (Phi) is 4.01. The van der Waals surface area contributed by atoms with Gasteiger partial charge in [0.1, 0.15) is 25.0 Å². The largest absolute Gasteiger partial charge is 0.388 e. The number of alkyl halides is 1. The van der Waals surface area contributed by atoms with Gasteiger partial charge in [-0.3, -0.25) is 0 Å². The van der Waals surface area contributed by atoms with E-state index < -0.39 is 31.3 Å². The zero-order valence-corrected chi connectivity index (χ0v) is 6.97. The van der Waals surface area contributed by atoms with Gasteiger partial charge in [-0.2, -0.15) is 0 Å². The predicted octanol–water partition coefficient (Wildman–Crippen LogP) is -1.59. The summed E-state index contributed by atoms with van der Waals surface area (Å²) < 4.78 is 21.2. The Bertz CT molecular complexity index is 154. The first-order valence-electron chi connectivity index (χ1n) is 4.00. The van der Waals surface area contributed by atoms with Gasteiger partial charge in [0, 0.05) is 0 Å². The lowest BCUT2D eigenvalue weighted by atomic mass is 10.1. The number of aliphatic hydroxyl groups excluding tert-OH is 3. The summed E-state index contributed by atoms with van der Waals surface area (Å²) in [5.74, 6) is 0. The van der Waals surface area contributed by atoms with Crippen molar-refractivity contribution in [3.05, 3.63) is 0 Å². The Balaban J connectivity index is 2.39. The molecule has 1 aliphatic heterocycles. The maximum absolute atomic E-state index is 11.7. The molecule has 5 nitrogen and oxygen atoms in total. The summed E-state index contributed by atoms with van der Waals surface area (Å²) in [6.45, 7) is -1.02. The van der Waals surface area contributed by atoms with Crippen LogP contribution in [0.4, 0.5) is 4.39 Å². The third-order valence-corrected chi connectivity index (χ3v) is 1.81. The third kappa shape index (κ3) is 2.58. The Morgan fingerprint density at radius 1 is 1.31 bits per heavy atom. The van der Waals surface area contributed by atoms with Gasteiger partial charge in [0.05, 0.1) is 13.2 Å². The predicted molar refractivity (Wildman–Crippen MR) is 39.7 cm³/mol. The molecule has 1 saturated heterocycles. The second kappa shape index (κ2) is 4.83. The summed E-state index contributed by atoms with van der Waals surface area (Å²) in [5.41, 5.74) is 0. The summed E-state index contributed by atoms with van der Waals surface area (Å²) in [6.07, 6.45) is -4.83. The van der Waals surface area contributed by atoms with Crippen LogP contribution in [0, 0.1) is 0 Å². The number of aliphatic hydroxyl groups is 3. The molecule has 0 aromatic carbocycles. The van der Waals surface area contributed by atoms with Crippen LogP contribution < -0.4 is 0 Å². The number of hydrogen-bond donors (Lipinski definition) is 3. The number of rotatable bonds is 3.